The molecule has 0 radical (unpaired) electrons. The standard InChI is InChI=1S/C9H17N3O4S/c1-12-9(3-5-10-12)17(14,15)11-8(4-6-13)7-16-2/h3,5,8,11,13H,4,6-7H2,1-2H3. The van der Waals surface area contributed by atoms with E-state index >= 15 is 0 Å². The van der Waals surface area contributed by atoms with Gasteiger partial charge in [-0.2, -0.15) is 5.10 Å². The van der Waals surface area contributed by atoms with E-state index in [9.17, 15) is 8.42 Å². The molecule has 0 fully saturated rings. The fourth-order valence-electron chi connectivity index (χ4n) is 1.44. The number of sulfonamides is 1. The van der Waals surface area contributed by atoms with Crippen LogP contribution in [0, 0.1) is 0 Å². The lowest BCUT2D eigenvalue weighted by Gasteiger charge is -2.16. The van der Waals surface area contributed by atoms with Crippen LogP contribution in [0.15, 0.2) is 17.3 Å². The van der Waals surface area contributed by atoms with E-state index in [0.717, 1.165) is 0 Å². The van der Waals surface area contributed by atoms with Crippen molar-refractivity contribution >= 4 is 10.0 Å². The third-order valence-corrected chi connectivity index (χ3v) is 3.81. The number of hydrogen-bond donors (Lipinski definition) is 2. The van der Waals surface area contributed by atoms with E-state index in [4.69, 9.17) is 9.84 Å². The molecule has 0 amide bonds. The summed E-state index contributed by atoms with van der Waals surface area (Å²) in [4.78, 5) is 0. The van der Waals surface area contributed by atoms with Crippen molar-refractivity contribution in [2.24, 2.45) is 7.05 Å². The summed E-state index contributed by atoms with van der Waals surface area (Å²) in [5.74, 6) is 0. The van der Waals surface area contributed by atoms with Crippen molar-refractivity contribution in [2.45, 2.75) is 17.5 Å². The van der Waals surface area contributed by atoms with E-state index in [-0.39, 0.29) is 18.2 Å². The van der Waals surface area contributed by atoms with Crippen LogP contribution in [0.2, 0.25) is 0 Å². The Balaban J connectivity index is 2.81. The molecule has 8 heteroatoms. The summed E-state index contributed by atoms with van der Waals surface area (Å²) in [7, 11) is -0.609. The monoisotopic (exact) mass is 263 g/mol. The quantitative estimate of drug-likeness (QED) is 0.664. The van der Waals surface area contributed by atoms with Gasteiger partial charge in [0.15, 0.2) is 5.03 Å². The second-order valence-electron chi connectivity index (χ2n) is 3.58. The third kappa shape index (κ3) is 3.77. The van der Waals surface area contributed by atoms with Crippen LogP contribution in [0.5, 0.6) is 0 Å². The van der Waals surface area contributed by atoms with Crippen LogP contribution in [-0.2, 0) is 21.8 Å². The minimum atomic E-state index is -3.63. The average Bonchev–Trinajstić information content (AvgIpc) is 2.65. The van der Waals surface area contributed by atoms with Crippen LogP contribution in [0.4, 0.5) is 0 Å². The highest BCUT2D eigenvalue weighted by Gasteiger charge is 2.22. The Hall–Kier alpha value is -0.960. The van der Waals surface area contributed by atoms with Gasteiger partial charge in [-0.05, 0) is 12.5 Å². The molecule has 1 heterocycles. The lowest BCUT2D eigenvalue weighted by Crippen LogP contribution is -2.39. The third-order valence-electron chi connectivity index (χ3n) is 2.22. The van der Waals surface area contributed by atoms with Crippen molar-refractivity contribution < 1.29 is 18.3 Å². The Morgan fingerprint density at radius 1 is 1.65 bits per heavy atom. The number of hydrogen-bond acceptors (Lipinski definition) is 5. The number of aromatic nitrogens is 2. The van der Waals surface area contributed by atoms with Gasteiger partial charge < -0.3 is 9.84 Å². The van der Waals surface area contributed by atoms with Crippen LogP contribution in [0.1, 0.15) is 6.42 Å². The minimum Gasteiger partial charge on any atom is -0.396 e. The summed E-state index contributed by atoms with van der Waals surface area (Å²) in [6, 6.07) is 0.954. The van der Waals surface area contributed by atoms with Gasteiger partial charge in [0.1, 0.15) is 0 Å². The lowest BCUT2D eigenvalue weighted by atomic mass is 10.2. The van der Waals surface area contributed by atoms with Crippen molar-refractivity contribution in [1.29, 1.82) is 0 Å². The van der Waals surface area contributed by atoms with Gasteiger partial charge in [0.25, 0.3) is 10.0 Å². The molecule has 0 aliphatic heterocycles. The normalized spacial score (nSPS) is 13.8. The molecule has 1 rings (SSSR count). The molecule has 1 atom stereocenters. The van der Waals surface area contributed by atoms with Crippen LogP contribution in [0.3, 0.4) is 0 Å². The van der Waals surface area contributed by atoms with Gasteiger partial charge in [0, 0.05) is 26.8 Å². The number of rotatable bonds is 7. The first-order valence-electron chi connectivity index (χ1n) is 5.11. The topological polar surface area (TPSA) is 93.4 Å². The summed E-state index contributed by atoms with van der Waals surface area (Å²) < 4.78 is 32.6. The van der Waals surface area contributed by atoms with E-state index in [1.807, 2.05) is 0 Å². The van der Waals surface area contributed by atoms with Gasteiger partial charge in [0.2, 0.25) is 0 Å². The maximum Gasteiger partial charge on any atom is 0.258 e. The molecule has 2 N–H and O–H groups in total. The van der Waals surface area contributed by atoms with Crippen molar-refractivity contribution in [1.82, 2.24) is 14.5 Å². The van der Waals surface area contributed by atoms with Gasteiger partial charge in [-0.3, -0.25) is 4.68 Å². The highest BCUT2D eigenvalue weighted by Crippen LogP contribution is 2.08. The summed E-state index contributed by atoms with van der Waals surface area (Å²) in [5, 5.41) is 12.7. The maximum atomic E-state index is 12.0. The molecule has 0 saturated carbocycles. The van der Waals surface area contributed by atoms with Gasteiger partial charge in [-0.25, -0.2) is 13.1 Å². The first-order chi connectivity index (χ1) is 8.01. The average molecular weight is 263 g/mol. The van der Waals surface area contributed by atoms with E-state index in [0.29, 0.717) is 6.42 Å². The van der Waals surface area contributed by atoms with E-state index < -0.39 is 16.1 Å². The fourth-order valence-corrected chi connectivity index (χ4v) is 2.82. The zero-order valence-electron chi connectivity index (χ0n) is 9.83. The molecule has 0 aromatic carbocycles. The molecule has 1 aromatic heterocycles. The van der Waals surface area contributed by atoms with Crippen molar-refractivity contribution in [3.05, 3.63) is 12.3 Å². The maximum absolute atomic E-state index is 12.0. The number of nitrogens with one attached hydrogen (secondary N) is 1. The Morgan fingerprint density at radius 2 is 2.35 bits per heavy atom. The van der Waals surface area contributed by atoms with Crippen LogP contribution in [0.25, 0.3) is 0 Å². The molecular weight excluding hydrogens is 246 g/mol. The SMILES string of the molecule is COCC(CCO)NS(=O)(=O)c1ccnn1C. The Bertz CT molecular complexity index is 437. The minimum absolute atomic E-state index is 0.0801. The highest BCUT2D eigenvalue weighted by atomic mass is 32.2. The highest BCUT2D eigenvalue weighted by molar-refractivity contribution is 7.89. The molecule has 17 heavy (non-hydrogen) atoms. The molecule has 0 bridgehead atoms. The van der Waals surface area contributed by atoms with Crippen molar-refractivity contribution in [3.63, 3.8) is 0 Å². The van der Waals surface area contributed by atoms with Crippen molar-refractivity contribution in [3.8, 4) is 0 Å². The Labute approximate surface area is 100 Å². The Kier molecular flexibility index (Phi) is 5.06. The molecule has 0 aliphatic rings. The molecule has 7 nitrogen and oxygen atoms in total. The molecular formula is C9H17N3O4S. The fraction of sp³-hybridized carbons (Fsp3) is 0.667. The van der Waals surface area contributed by atoms with Gasteiger partial charge >= 0.3 is 0 Å². The molecule has 1 aromatic rings. The molecule has 98 valence electrons. The smallest absolute Gasteiger partial charge is 0.258 e. The van der Waals surface area contributed by atoms with Gasteiger partial charge in [0.05, 0.1) is 12.8 Å². The summed E-state index contributed by atoms with van der Waals surface area (Å²) in [5.41, 5.74) is 0. The zero-order valence-corrected chi connectivity index (χ0v) is 10.6. The summed E-state index contributed by atoms with van der Waals surface area (Å²) in [6.45, 7) is 0.0968. The number of ether oxygens (including phenoxy) is 1. The zero-order chi connectivity index (χ0) is 12.9. The second kappa shape index (κ2) is 6.10. The number of nitrogens with zero attached hydrogens (tertiary/aromatic N) is 2. The molecule has 0 saturated heterocycles. The summed E-state index contributed by atoms with van der Waals surface area (Å²) >= 11 is 0. The van der Waals surface area contributed by atoms with Crippen molar-refractivity contribution in [2.75, 3.05) is 20.3 Å². The largest absolute Gasteiger partial charge is 0.396 e. The van der Waals surface area contributed by atoms with Crippen LogP contribution < -0.4 is 4.72 Å². The van der Waals surface area contributed by atoms with Gasteiger partial charge in [-0.15, -0.1) is 0 Å². The Morgan fingerprint density at radius 3 is 2.82 bits per heavy atom. The van der Waals surface area contributed by atoms with E-state index in [1.54, 1.807) is 7.05 Å². The molecule has 1 unspecified atom stereocenters. The first-order valence-corrected chi connectivity index (χ1v) is 6.59. The van der Waals surface area contributed by atoms with E-state index in [2.05, 4.69) is 9.82 Å². The van der Waals surface area contributed by atoms with Crippen LogP contribution in [-0.4, -0.2) is 49.7 Å². The number of aliphatic hydroxyl groups excluding tert-OH is 1. The molecule has 0 spiro atoms. The first kappa shape index (κ1) is 14.1. The predicted octanol–water partition coefficient (Wildman–Crippen LogP) is -0.904. The predicted molar refractivity (Wildman–Crippen MR) is 60.9 cm³/mol. The number of aliphatic hydroxyl groups is 1. The summed E-state index contributed by atoms with van der Waals surface area (Å²) in [6.07, 6.45) is 1.71. The second-order valence-corrected chi connectivity index (χ2v) is 5.24. The number of methoxy groups -OCH3 is 1. The van der Waals surface area contributed by atoms with Gasteiger partial charge in [-0.1, -0.05) is 0 Å². The van der Waals surface area contributed by atoms with E-state index in [1.165, 1.54) is 24.1 Å². The number of aryl methyl sites for hydroxylation is 1. The lowest BCUT2D eigenvalue weighted by molar-refractivity contribution is 0.158. The van der Waals surface area contributed by atoms with Crippen LogP contribution >= 0.6 is 0 Å². The molecule has 0 aliphatic carbocycles.